The molecule has 0 N–H and O–H groups in total. The summed E-state index contributed by atoms with van der Waals surface area (Å²) in [5.41, 5.74) is 0.487. The quantitative estimate of drug-likeness (QED) is 0.614. The van der Waals surface area contributed by atoms with Crippen molar-refractivity contribution in [2.45, 2.75) is 26.4 Å². The number of ketones is 1. The van der Waals surface area contributed by atoms with Gasteiger partial charge in [0.05, 0.1) is 11.1 Å². The predicted octanol–water partition coefficient (Wildman–Crippen LogP) is 3.90. The number of halogens is 3. The summed E-state index contributed by atoms with van der Waals surface area (Å²) in [4.78, 5) is 23.0. The molecule has 116 valence electrons. The zero-order chi connectivity index (χ0) is 16.5. The number of carbonyl (C=O) groups excluding carboxylic acids is 2. The number of hydrogen-bond donors (Lipinski definition) is 0. The lowest BCUT2D eigenvalue weighted by Gasteiger charge is -2.07. The van der Waals surface area contributed by atoms with E-state index in [-0.39, 0.29) is 23.5 Å². The molecular weight excluding hydrogens is 297 g/mol. The third-order valence-electron chi connectivity index (χ3n) is 3.15. The number of carbonyl (C=O) groups is 2. The molecule has 1 aliphatic rings. The first-order chi connectivity index (χ1) is 10.2. The Morgan fingerprint density at radius 3 is 2.32 bits per heavy atom. The zero-order valence-corrected chi connectivity index (χ0v) is 12.0. The first kappa shape index (κ1) is 16.0. The molecular formula is C16H13F3O3. The van der Waals surface area contributed by atoms with Crippen molar-refractivity contribution in [3.8, 4) is 0 Å². The Morgan fingerprint density at radius 1 is 1.23 bits per heavy atom. The normalized spacial score (nSPS) is 17.3. The van der Waals surface area contributed by atoms with Gasteiger partial charge in [0.2, 0.25) is 0 Å². The largest absolute Gasteiger partial charge is 0.426 e. The van der Waals surface area contributed by atoms with Crippen LogP contribution in [0.4, 0.5) is 13.2 Å². The Labute approximate surface area is 125 Å². The molecule has 0 heterocycles. The second-order valence-electron chi connectivity index (χ2n) is 4.98. The molecule has 2 rings (SSSR count). The van der Waals surface area contributed by atoms with E-state index in [0.717, 1.165) is 12.1 Å². The number of allylic oxidation sites excluding steroid dienone is 2. The summed E-state index contributed by atoms with van der Waals surface area (Å²) in [7, 11) is 0. The topological polar surface area (TPSA) is 43.4 Å². The van der Waals surface area contributed by atoms with Crippen molar-refractivity contribution in [3.05, 3.63) is 52.3 Å². The summed E-state index contributed by atoms with van der Waals surface area (Å²) < 4.78 is 42.6. The lowest BCUT2D eigenvalue weighted by Crippen LogP contribution is -2.05. The van der Waals surface area contributed by atoms with E-state index in [9.17, 15) is 22.8 Å². The second-order valence-corrected chi connectivity index (χ2v) is 4.98. The summed E-state index contributed by atoms with van der Waals surface area (Å²) in [6.45, 7) is 2.89. The molecule has 3 nitrogen and oxygen atoms in total. The average Bonchev–Trinajstić information content (AvgIpc) is 2.65. The van der Waals surface area contributed by atoms with Crippen molar-refractivity contribution in [3.63, 3.8) is 0 Å². The molecule has 0 bridgehead atoms. The number of ether oxygens (including phenoxy) is 1. The van der Waals surface area contributed by atoms with Gasteiger partial charge in [-0.3, -0.25) is 9.59 Å². The van der Waals surface area contributed by atoms with Crippen LogP contribution in [0.15, 0.2) is 41.2 Å². The van der Waals surface area contributed by atoms with Gasteiger partial charge in [0.25, 0.3) is 0 Å². The van der Waals surface area contributed by atoms with Crippen molar-refractivity contribution < 1.29 is 27.5 Å². The van der Waals surface area contributed by atoms with E-state index in [2.05, 4.69) is 0 Å². The molecule has 1 aromatic rings. The Hall–Kier alpha value is -2.37. The van der Waals surface area contributed by atoms with Gasteiger partial charge < -0.3 is 4.74 Å². The van der Waals surface area contributed by atoms with Gasteiger partial charge in [0.15, 0.2) is 5.78 Å². The molecule has 0 aromatic heterocycles. The minimum atomic E-state index is -4.41. The summed E-state index contributed by atoms with van der Waals surface area (Å²) in [5, 5.41) is 0. The van der Waals surface area contributed by atoms with Crippen LogP contribution in [0.25, 0.3) is 6.08 Å². The van der Waals surface area contributed by atoms with Crippen molar-refractivity contribution in [2.24, 2.45) is 0 Å². The van der Waals surface area contributed by atoms with Gasteiger partial charge in [0.1, 0.15) is 5.76 Å². The highest BCUT2D eigenvalue weighted by Gasteiger charge is 2.30. The molecule has 0 unspecified atom stereocenters. The van der Waals surface area contributed by atoms with Crippen molar-refractivity contribution >= 4 is 17.8 Å². The number of rotatable bonds is 2. The Morgan fingerprint density at radius 2 is 1.82 bits per heavy atom. The summed E-state index contributed by atoms with van der Waals surface area (Å²) in [6.07, 6.45) is -2.85. The summed E-state index contributed by atoms with van der Waals surface area (Å²) in [5.74, 6) is -0.589. The summed E-state index contributed by atoms with van der Waals surface area (Å²) in [6, 6.07) is 4.41. The average molecular weight is 310 g/mol. The van der Waals surface area contributed by atoms with Gasteiger partial charge in [-0.15, -0.1) is 0 Å². The standard InChI is InChI=1S/C16H13F3O3/c1-9-7-14(21)13(15(9)22-10(2)20)8-11-3-5-12(6-4-11)16(17,18)19/h3-6,8H,7H2,1-2H3/b13-8-. The van der Waals surface area contributed by atoms with E-state index < -0.39 is 17.7 Å². The highest BCUT2D eigenvalue weighted by Crippen LogP contribution is 2.32. The molecule has 0 radical (unpaired) electrons. The molecule has 0 aliphatic heterocycles. The van der Waals surface area contributed by atoms with E-state index >= 15 is 0 Å². The van der Waals surface area contributed by atoms with Gasteiger partial charge in [-0.25, -0.2) is 0 Å². The molecule has 0 spiro atoms. The predicted molar refractivity (Wildman–Crippen MR) is 73.5 cm³/mol. The number of esters is 1. The van der Waals surface area contributed by atoms with Crippen molar-refractivity contribution in [1.82, 2.24) is 0 Å². The highest BCUT2D eigenvalue weighted by molar-refractivity contribution is 6.08. The lowest BCUT2D eigenvalue weighted by molar-refractivity contribution is -0.138. The van der Waals surface area contributed by atoms with Crippen LogP contribution in [-0.2, 0) is 20.5 Å². The van der Waals surface area contributed by atoms with E-state index in [1.54, 1.807) is 6.92 Å². The number of alkyl halides is 3. The minimum Gasteiger partial charge on any atom is -0.426 e. The smallest absolute Gasteiger partial charge is 0.416 e. The summed E-state index contributed by atoms with van der Waals surface area (Å²) >= 11 is 0. The monoisotopic (exact) mass is 310 g/mol. The van der Waals surface area contributed by atoms with Crippen LogP contribution >= 0.6 is 0 Å². The van der Waals surface area contributed by atoms with Gasteiger partial charge in [0, 0.05) is 13.3 Å². The van der Waals surface area contributed by atoms with Crippen LogP contribution in [0.1, 0.15) is 31.4 Å². The van der Waals surface area contributed by atoms with Crippen LogP contribution in [0.3, 0.4) is 0 Å². The molecule has 6 heteroatoms. The molecule has 1 aliphatic carbocycles. The fraction of sp³-hybridized carbons (Fsp3) is 0.250. The molecule has 0 saturated heterocycles. The minimum absolute atomic E-state index is 0.134. The SMILES string of the molecule is CC(=O)OC1=C(C)CC(=O)/C1=C/c1ccc(C(F)(F)F)cc1. The third-order valence-corrected chi connectivity index (χ3v) is 3.15. The van der Waals surface area contributed by atoms with Gasteiger partial charge in [-0.2, -0.15) is 13.2 Å². The van der Waals surface area contributed by atoms with Crippen LogP contribution < -0.4 is 0 Å². The Balaban J connectivity index is 2.35. The number of Topliss-reactive ketones (excluding diaryl/α,β-unsaturated/α-hetero) is 1. The number of hydrogen-bond acceptors (Lipinski definition) is 3. The second kappa shape index (κ2) is 5.79. The number of benzene rings is 1. The maximum atomic E-state index is 12.5. The first-order valence-electron chi connectivity index (χ1n) is 6.49. The van der Waals surface area contributed by atoms with Crippen molar-refractivity contribution in [1.29, 1.82) is 0 Å². The van der Waals surface area contributed by atoms with Crippen LogP contribution in [0.5, 0.6) is 0 Å². The highest BCUT2D eigenvalue weighted by atomic mass is 19.4. The van der Waals surface area contributed by atoms with Crippen molar-refractivity contribution in [2.75, 3.05) is 0 Å². The Bertz CT molecular complexity index is 680. The van der Waals surface area contributed by atoms with E-state index in [1.165, 1.54) is 25.1 Å². The molecule has 0 saturated carbocycles. The molecule has 22 heavy (non-hydrogen) atoms. The Kier molecular flexibility index (Phi) is 4.21. The maximum absolute atomic E-state index is 12.5. The molecule has 0 fully saturated rings. The lowest BCUT2D eigenvalue weighted by atomic mass is 10.1. The van der Waals surface area contributed by atoms with Crippen LogP contribution in [-0.4, -0.2) is 11.8 Å². The molecule has 0 amide bonds. The van der Waals surface area contributed by atoms with Crippen LogP contribution in [0.2, 0.25) is 0 Å². The van der Waals surface area contributed by atoms with E-state index in [4.69, 9.17) is 4.74 Å². The fourth-order valence-corrected chi connectivity index (χ4v) is 2.14. The molecule has 0 atom stereocenters. The molecule has 1 aromatic carbocycles. The fourth-order valence-electron chi connectivity index (χ4n) is 2.14. The van der Waals surface area contributed by atoms with Gasteiger partial charge in [-0.1, -0.05) is 12.1 Å². The van der Waals surface area contributed by atoms with Crippen LogP contribution in [0, 0.1) is 0 Å². The van der Waals surface area contributed by atoms with E-state index in [0.29, 0.717) is 11.1 Å². The first-order valence-corrected chi connectivity index (χ1v) is 6.49. The van der Waals surface area contributed by atoms with Gasteiger partial charge in [-0.05, 0) is 36.3 Å². The van der Waals surface area contributed by atoms with E-state index in [1.807, 2.05) is 0 Å². The third kappa shape index (κ3) is 3.44. The zero-order valence-electron chi connectivity index (χ0n) is 12.0. The van der Waals surface area contributed by atoms with Gasteiger partial charge >= 0.3 is 12.1 Å². The maximum Gasteiger partial charge on any atom is 0.416 e.